The minimum Gasteiger partial charge on any atom is -0.341 e. The van der Waals surface area contributed by atoms with Gasteiger partial charge in [0.15, 0.2) is 0 Å². The molecule has 1 atom stereocenters. The van der Waals surface area contributed by atoms with Gasteiger partial charge in [-0.3, -0.25) is 4.79 Å². The Morgan fingerprint density at radius 1 is 1.38 bits per heavy atom. The average Bonchev–Trinajstić information content (AvgIpc) is 2.30. The van der Waals surface area contributed by atoms with E-state index in [-0.39, 0.29) is 5.91 Å². The molecule has 0 aliphatic carbocycles. The van der Waals surface area contributed by atoms with E-state index in [0.717, 1.165) is 13.0 Å². The third-order valence-electron chi connectivity index (χ3n) is 2.60. The van der Waals surface area contributed by atoms with Crippen LogP contribution in [0.2, 0.25) is 0 Å². The molecule has 0 radical (unpaired) electrons. The van der Waals surface area contributed by atoms with Crippen LogP contribution in [0.3, 0.4) is 0 Å². The van der Waals surface area contributed by atoms with Gasteiger partial charge in [-0.1, -0.05) is 30.3 Å². The molecule has 3 nitrogen and oxygen atoms in total. The topological polar surface area (TPSA) is 46.3 Å². The van der Waals surface area contributed by atoms with Crippen molar-refractivity contribution in [1.82, 2.24) is 4.90 Å². The zero-order valence-corrected chi connectivity index (χ0v) is 10.0. The Labute approximate surface area is 97.2 Å². The van der Waals surface area contributed by atoms with E-state index >= 15 is 0 Å². The number of amides is 1. The summed E-state index contributed by atoms with van der Waals surface area (Å²) in [6.45, 7) is 5.16. The Kier molecular flexibility index (Phi) is 4.99. The first-order chi connectivity index (χ1) is 7.65. The van der Waals surface area contributed by atoms with Crippen LogP contribution in [0.5, 0.6) is 0 Å². The summed E-state index contributed by atoms with van der Waals surface area (Å²) < 4.78 is 0. The van der Waals surface area contributed by atoms with Crippen LogP contribution in [0.4, 0.5) is 0 Å². The van der Waals surface area contributed by atoms with Gasteiger partial charge in [0, 0.05) is 13.1 Å². The number of likely N-dealkylation sites (N-methyl/N-ethyl adjacent to an activating group) is 1. The van der Waals surface area contributed by atoms with Crippen molar-refractivity contribution in [2.24, 2.45) is 5.73 Å². The largest absolute Gasteiger partial charge is 0.341 e. The van der Waals surface area contributed by atoms with Crippen LogP contribution >= 0.6 is 0 Å². The van der Waals surface area contributed by atoms with Crippen LogP contribution in [0.25, 0.3) is 0 Å². The molecule has 0 saturated carbocycles. The number of carbonyl (C=O) groups is 1. The molecular weight excluding hydrogens is 200 g/mol. The summed E-state index contributed by atoms with van der Waals surface area (Å²) in [6, 6.07) is 9.76. The smallest absolute Gasteiger partial charge is 0.239 e. The van der Waals surface area contributed by atoms with Crippen molar-refractivity contribution in [3.63, 3.8) is 0 Å². The quantitative estimate of drug-likeness (QED) is 0.816. The molecule has 0 heterocycles. The Balaban J connectivity index is 2.49. The van der Waals surface area contributed by atoms with Gasteiger partial charge < -0.3 is 10.6 Å². The van der Waals surface area contributed by atoms with Gasteiger partial charge in [0.05, 0.1) is 6.04 Å². The second kappa shape index (κ2) is 6.28. The number of rotatable bonds is 5. The molecule has 3 heteroatoms. The normalized spacial score (nSPS) is 12.2. The van der Waals surface area contributed by atoms with Gasteiger partial charge in [-0.05, 0) is 25.8 Å². The van der Waals surface area contributed by atoms with Crippen molar-refractivity contribution in [3.8, 4) is 0 Å². The number of hydrogen-bond donors (Lipinski definition) is 1. The average molecular weight is 220 g/mol. The first-order valence-corrected chi connectivity index (χ1v) is 5.73. The highest BCUT2D eigenvalue weighted by Gasteiger charge is 2.14. The van der Waals surface area contributed by atoms with E-state index in [1.165, 1.54) is 5.56 Å². The Morgan fingerprint density at radius 3 is 2.50 bits per heavy atom. The Hall–Kier alpha value is -1.35. The lowest BCUT2D eigenvalue weighted by Crippen LogP contribution is -2.42. The number of nitrogens with two attached hydrogens (primary N) is 1. The lowest BCUT2D eigenvalue weighted by atomic mass is 10.1. The van der Waals surface area contributed by atoms with Crippen molar-refractivity contribution in [2.45, 2.75) is 26.3 Å². The van der Waals surface area contributed by atoms with Crippen LogP contribution < -0.4 is 5.73 Å². The summed E-state index contributed by atoms with van der Waals surface area (Å²) in [4.78, 5) is 13.5. The number of carbonyl (C=O) groups excluding carboxylic acids is 1. The molecule has 88 valence electrons. The van der Waals surface area contributed by atoms with Crippen molar-refractivity contribution in [1.29, 1.82) is 0 Å². The molecule has 16 heavy (non-hydrogen) atoms. The fourth-order valence-electron chi connectivity index (χ4n) is 1.62. The summed E-state index contributed by atoms with van der Waals surface area (Å²) in [5.41, 5.74) is 6.84. The second-order valence-electron chi connectivity index (χ2n) is 3.94. The van der Waals surface area contributed by atoms with Crippen LogP contribution in [-0.2, 0) is 11.2 Å². The first kappa shape index (κ1) is 12.7. The molecule has 0 aromatic heterocycles. The maximum absolute atomic E-state index is 11.7. The molecule has 1 aromatic rings. The van der Waals surface area contributed by atoms with Gasteiger partial charge in [0.1, 0.15) is 0 Å². The molecule has 0 aliphatic heterocycles. The third-order valence-corrected chi connectivity index (χ3v) is 2.60. The number of benzene rings is 1. The van der Waals surface area contributed by atoms with Crippen molar-refractivity contribution < 1.29 is 4.79 Å². The first-order valence-electron chi connectivity index (χ1n) is 5.73. The predicted octanol–water partition coefficient (Wildman–Crippen LogP) is 1.42. The fourth-order valence-corrected chi connectivity index (χ4v) is 1.62. The third kappa shape index (κ3) is 3.66. The molecule has 0 bridgehead atoms. The predicted molar refractivity (Wildman–Crippen MR) is 66.0 cm³/mol. The summed E-state index contributed by atoms with van der Waals surface area (Å²) in [6.07, 6.45) is 0.882. The van der Waals surface area contributed by atoms with E-state index in [1.54, 1.807) is 11.8 Å². The molecule has 0 saturated heterocycles. The molecule has 1 unspecified atom stereocenters. The van der Waals surface area contributed by atoms with E-state index in [4.69, 9.17) is 5.73 Å². The van der Waals surface area contributed by atoms with E-state index in [1.807, 2.05) is 25.1 Å². The molecule has 1 rings (SSSR count). The highest BCUT2D eigenvalue weighted by Crippen LogP contribution is 2.02. The van der Waals surface area contributed by atoms with Gasteiger partial charge >= 0.3 is 0 Å². The monoisotopic (exact) mass is 220 g/mol. The van der Waals surface area contributed by atoms with E-state index in [0.29, 0.717) is 6.54 Å². The SMILES string of the molecule is CCN(CCc1ccccc1)C(=O)C(C)N. The van der Waals surface area contributed by atoms with E-state index < -0.39 is 6.04 Å². The summed E-state index contributed by atoms with van der Waals surface area (Å²) >= 11 is 0. The number of hydrogen-bond acceptors (Lipinski definition) is 2. The van der Waals surface area contributed by atoms with Crippen LogP contribution in [0.1, 0.15) is 19.4 Å². The van der Waals surface area contributed by atoms with E-state index in [9.17, 15) is 4.79 Å². The second-order valence-corrected chi connectivity index (χ2v) is 3.94. The summed E-state index contributed by atoms with van der Waals surface area (Å²) in [5, 5.41) is 0. The Morgan fingerprint density at radius 2 is 2.00 bits per heavy atom. The summed E-state index contributed by atoms with van der Waals surface area (Å²) in [7, 11) is 0. The van der Waals surface area contributed by atoms with Gasteiger partial charge in [0.2, 0.25) is 5.91 Å². The minimum atomic E-state index is -0.407. The van der Waals surface area contributed by atoms with Crippen LogP contribution in [-0.4, -0.2) is 29.9 Å². The molecular formula is C13H20N2O. The van der Waals surface area contributed by atoms with Crippen molar-refractivity contribution in [3.05, 3.63) is 35.9 Å². The number of nitrogens with zero attached hydrogens (tertiary/aromatic N) is 1. The van der Waals surface area contributed by atoms with Crippen molar-refractivity contribution in [2.75, 3.05) is 13.1 Å². The lowest BCUT2D eigenvalue weighted by molar-refractivity contribution is -0.131. The highest BCUT2D eigenvalue weighted by atomic mass is 16.2. The zero-order chi connectivity index (χ0) is 12.0. The molecule has 0 aliphatic rings. The molecule has 2 N–H and O–H groups in total. The van der Waals surface area contributed by atoms with Gasteiger partial charge in [-0.25, -0.2) is 0 Å². The van der Waals surface area contributed by atoms with E-state index in [2.05, 4.69) is 12.1 Å². The maximum atomic E-state index is 11.7. The Bertz CT molecular complexity index is 322. The van der Waals surface area contributed by atoms with Gasteiger partial charge in [0.25, 0.3) is 0 Å². The summed E-state index contributed by atoms with van der Waals surface area (Å²) in [5.74, 6) is 0.0263. The molecule has 1 aromatic carbocycles. The zero-order valence-electron chi connectivity index (χ0n) is 10.0. The standard InChI is InChI=1S/C13H20N2O/c1-3-15(13(16)11(2)14)10-9-12-7-5-4-6-8-12/h4-8,11H,3,9-10,14H2,1-2H3. The van der Waals surface area contributed by atoms with Gasteiger partial charge in [-0.2, -0.15) is 0 Å². The van der Waals surface area contributed by atoms with Crippen LogP contribution in [0, 0.1) is 0 Å². The molecule has 0 fully saturated rings. The van der Waals surface area contributed by atoms with Crippen molar-refractivity contribution >= 4 is 5.91 Å². The molecule has 0 spiro atoms. The fraction of sp³-hybridized carbons (Fsp3) is 0.462. The highest BCUT2D eigenvalue weighted by molar-refractivity contribution is 5.81. The maximum Gasteiger partial charge on any atom is 0.239 e. The minimum absolute atomic E-state index is 0.0263. The van der Waals surface area contributed by atoms with Crippen LogP contribution in [0.15, 0.2) is 30.3 Å². The lowest BCUT2D eigenvalue weighted by Gasteiger charge is -2.22. The molecule has 1 amide bonds. The van der Waals surface area contributed by atoms with Gasteiger partial charge in [-0.15, -0.1) is 0 Å².